The molecule has 1 aliphatic carbocycles. The minimum Gasteiger partial charge on any atom is -0.491 e. The van der Waals surface area contributed by atoms with Gasteiger partial charge in [-0.15, -0.1) is 0 Å². The highest BCUT2D eigenvalue weighted by molar-refractivity contribution is 6.13. The standard InChI is InChI=1S/C23H25N3O3/c1-14-9-10-18-17(13-14)15-5-4-6-16(22(15)25-18)23(28)26-19-7-2-3-8-20(19)29-12-11-21(24)27/h2-8,14,25H,9-13H2,1H3,(H2,24,27)(H,26,28). The Morgan fingerprint density at radius 1 is 1.21 bits per heavy atom. The first-order valence-electron chi connectivity index (χ1n) is 9.97. The van der Waals surface area contributed by atoms with Crippen molar-refractivity contribution in [1.82, 2.24) is 4.98 Å². The lowest BCUT2D eigenvalue weighted by molar-refractivity contribution is -0.118. The van der Waals surface area contributed by atoms with E-state index in [1.165, 1.54) is 11.3 Å². The van der Waals surface area contributed by atoms with Crippen molar-refractivity contribution in [2.45, 2.75) is 32.6 Å². The molecule has 1 aromatic heterocycles. The topological polar surface area (TPSA) is 97.2 Å². The van der Waals surface area contributed by atoms with E-state index in [1.54, 1.807) is 12.1 Å². The number of para-hydroxylation sites is 3. The fourth-order valence-corrected chi connectivity index (χ4v) is 3.95. The highest BCUT2D eigenvalue weighted by Gasteiger charge is 2.22. The molecule has 4 rings (SSSR count). The minimum atomic E-state index is -0.428. The van der Waals surface area contributed by atoms with E-state index in [0.717, 1.165) is 30.2 Å². The molecule has 6 heteroatoms. The Hall–Kier alpha value is -3.28. The number of rotatable bonds is 6. The molecule has 0 fully saturated rings. The molecule has 150 valence electrons. The van der Waals surface area contributed by atoms with Crippen molar-refractivity contribution in [2.24, 2.45) is 11.7 Å². The number of nitrogens with one attached hydrogen (secondary N) is 2. The monoisotopic (exact) mass is 391 g/mol. The number of aryl methyl sites for hydroxylation is 1. The molecule has 1 heterocycles. The van der Waals surface area contributed by atoms with Gasteiger partial charge in [0, 0.05) is 11.1 Å². The van der Waals surface area contributed by atoms with Gasteiger partial charge in [0.1, 0.15) is 5.75 Å². The molecule has 6 nitrogen and oxygen atoms in total. The Morgan fingerprint density at radius 3 is 2.86 bits per heavy atom. The largest absolute Gasteiger partial charge is 0.491 e. The number of carbonyl (C=O) groups is 2. The summed E-state index contributed by atoms with van der Waals surface area (Å²) in [5.74, 6) is 0.536. The third kappa shape index (κ3) is 3.97. The molecule has 0 saturated heterocycles. The summed E-state index contributed by atoms with van der Waals surface area (Å²) < 4.78 is 5.63. The van der Waals surface area contributed by atoms with Gasteiger partial charge in [0.25, 0.3) is 5.91 Å². The molecule has 0 spiro atoms. The third-order valence-electron chi connectivity index (χ3n) is 5.46. The third-order valence-corrected chi connectivity index (χ3v) is 5.46. The number of fused-ring (bicyclic) bond motifs is 3. The van der Waals surface area contributed by atoms with Crippen LogP contribution in [-0.2, 0) is 17.6 Å². The van der Waals surface area contributed by atoms with Crippen LogP contribution < -0.4 is 15.8 Å². The van der Waals surface area contributed by atoms with Gasteiger partial charge in [0.2, 0.25) is 5.91 Å². The van der Waals surface area contributed by atoms with Crippen LogP contribution in [0, 0.1) is 5.92 Å². The number of amides is 2. The number of anilines is 1. The fraction of sp³-hybridized carbons (Fsp3) is 0.304. The Balaban J connectivity index is 1.60. The molecular weight excluding hydrogens is 366 g/mol. The number of H-pyrrole nitrogens is 1. The second-order valence-electron chi connectivity index (χ2n) is 7.67. The van der Waals surface area contributed by atoms with Crippen LogP contribution in [0.3, 0.4) is 0 Å². The van der Waals surface area contributed by atoms with Crippen LogP contribution in [0.25, 0.3) is 10.9 Å². The van der Waals surface area contributed by atoms with Gasteiger partial charge in [-0.2, -0.15) is 0 Å². The summed E-state index contributed by atoms with van der Waals surface area (Å²) in [6.07, 6.45) is 3.34. The molecule has 2 aromatic carbocycles. The van der Waals surface area contributed by atoms with E-state index in [0.29, 0.717) is 22.9 Å². The van der Waals surface area contributed by atoms with E-state index in [9.17, 15) is 9.59 Å². The first-order valence-corrected chi connectivity index (χ1v) is 9.97. The summed E-state index contributed by atoms with van der Waals surface area (Å²) in [6.45, 7) is 2.44. The van der Waals surface area contributed by atoms with Gasteiger partial charge >= 0.3 is 0 Å². The summed E-state index contributed by atoms with van der Waals surface area (Å²) in [7, 11) is 0. The molecule has 0 aliphatic heterocycles. The van der Waals surface area contributed by atoms with Gasteiger partial charge in [-0.1, -0.05) is 31.2 Å². The number of aromatic nitrogens is 1. The van der Waals surface area contributed by atoms with Crippen molar-refractivity contribution >= 4 is 28.4 Å². The lowest BCUT2D eigenvalue weighted by Gasteiger charge is -2.17. The van der Waals surface area contributed by atoms with Gasteiger partial charge < -0.3 is 20.8 Å². The lowest BCUT2D eigenvalue weighted by atomic mass is 9.87. The second kappa shape index (κ2) is 7.99. The molecule has 3 aromatic rings. The molecule has 1 unspecified atom stereocenters. The van der Waals surface area contributed by atoms with Gasteiger partial charge in [-0.25, -0.2) is 0 Å². The quantitative estimate of drug-likeness (QED) is 0.596. The van der Waals surface area contributed by atoms with Crippen LogP contribution >= 0.6 is 0 Å². The molecule has 1 atom stereocenters. The number of hydrogen-bond acceptors (Lipinski definition) is 3. The van der Waals surface area contributed by atoms with Crippen molar-refractivity contribution in [2.75, 3.05) is 11.9 Å². The summed E-state index contributed by atoms with van der Waals surface area (Å²) in [6, 6.07) is 13.0. The van der Waals surface area contributed by atoms with Crippen LogP contribution in [0.2, 0.25) is 0 Å². The zero-order valence-corrected chi connectivity index (χ0v) is 16.5. The lowest BCUT2D eigenvalue weighted by Crippen LogP contribution is -2.16. The zero-order chi connectivity index (χ0) is 20.4. The number of ether oxygens (including phenoxy) is 1. The van der Waals surface area contributed by atoms with Gasteiger partial charge in [-0.05, 0) is 48.9 Å². The minimum absolute atomic E-state index is 0.119. The molecule has 0 radical (unpaired) electrons. The molecule has 0 bridgehead atoms. The maximum absolute atomic E-state index is 13.1. The Bertz CT molecular complexity index is 1070. The van der Waals surface area contributed by atoms with Crippen LogP contribution in [0.5, 0.6) is 5.75 Å². The fourth-order valence-electron chi connectivity index (χ4n) is 3.95. The average molecular weight is 391 g/mol. The van der Waals surface area contributed by atoms with Crippen LogP contribution in [0.15, 0.2) is 42.5 Å². The molecule has 4 N–H and O–H groups in total. The Labute approximate surface area is 169 Å². The second-order valence-corrected chi connectivity index (χ2v) is 7.67. The molecule has 29 heavy (non-hydrogen) atoms. The van der Waals surface area contributed by atoms with Crippen molar-refractivity contribution in [3.8, 4) is 5.75 Å². The number of aromatic amines is 1. The summed E-state index contributed by atoms with van der Waals surface area (Å²) in [5, 5.41) is 4.08. The first-order chi connectivity index (χ1) is 14.0. The number of primary amides is 1. The SMILES string of the molecule is CC1CCc2[nH]c3c(C(=O)Nc4ccccc4OCCC(N)=O)cccc3c2C1. The number of nitrogens with two attached hydrogens (primary N) is 1. The Morgan fingerprint density at radius 2 is 2.03 bits per heavy atom. The maximum atomic E-state index is 13.1. The van der Waals surface area contributed by atoms with E-state index in [4.69, 9.17) is 10.5 Å². The zero-order valence-electron chi connectivity index (χ0n) is 16.5. The van der Waals surface area contributed by atoms with Crippen LogP contribution in [-0.4, -0.2) is 23.4 Å². The first kappa shape index (κ1) is 19.1. The molecular formula is C23H25N3O3. The average Bonchev–Trinajstić information content (AvgIpc) is 3.07. The molecule has 0 saturated carbocycles. The van der Waals surface area contributed by atoms with Crippen LogP contribution in [0.1, 0.15) is 41.4 Å². The van der Waals surface area contributed by atoms with Crippen molar-refractivity contribution in [3.63, 3.8) is 0 Å². The smallest absolute Gasteiger partial charge is 0.257 e. The number of benzene rings is 2. The van der Waals surface area contributed by atoms with E-state index >= 15 is 0 Å². The summed E-state index contributed by atoms with van der Waals surface area (Å²) >= 11 is 0. The highest BCUT2D eigenvalue weighted by atomic mass is 16.5. The van der Waals surface area contributed by atoms with Crippen molar-refractivity contribution in [1.29, 1.82) is 0 Å². The summed E-state index contributed by atoms with van der Waals surface area (Å²) in [5.41, 5.74) is 9.80. The number of hydrogen-bond donors (Lipinski definition) is 3. The van der Waals surface area contributed by atoms with Crippen molar-refractivity contribution < 1.29 is 14.3 Å². The van der Waals surface area contributed by atoms with E-state index in [2.05, 4.69) is 23.3 Å². The normalized spacial score (nSPS) is 15.7. The van der Waals surface area contributed by atoms with E-state index < -0.39 is 5.91 Å². The molecule has 1 aliphatic rings. The summed E-state index contributed by atoms with van der Waals surface area (Å²) in [4.78, 5) is 27.5. The molecule has 2 amide bonds. The van der Waals surface area contributed by atoms with E-state index in [1.807, 2.05) is 24.3 Å². The number of carbonyl (C=O) groups excluding carboxylic acids is 2. The van der Waals surface area contributed by atoms with Gasteiger partial charge in [-0.3, -0.25) is 9.59 Å². The highest BCUT2D eigenvalue weighted by Crippen LogP contribution is 2.33. The van der Waals surface area contributed by atoms with Crippen LogP contribution in [0.4, 0.5) is 5.69 Å². The van der Waals surface area contributed by atoms with Crippen molar-refractivity contribution in [3.05, 3.63) is 59.3 Å². The van der Waals surface area contributed by atoms with E-state index in [-0.39, 0.29) is 18.9 Å². The van der Waals surface area contributed by atoms with Gasteiger partial charge in [0.05, 0.1) is 29.8 Å². The van der Waals surface area contributed by atoms with Gasteiger partial charge in [0.15, 0.2) is 0 Å². The predicted octanol–water partition coefficient (Wildman–Crippen LogP) is 3.80. The predicted molar refractivity (Wildman–Crippen MR) is 113 cm³/mol. The maximum Gasteiger partial charge on any atom is 0.257 e. The Kier molecular flexibility index (Phi) is 5.25.